The number of hydrogen-bond acceptors (Lipinski definition) is 6. The lowest BCUT2D eigenvalue weighted by molar-refractivity contribution is 0.0926. The molecule has 3 heterocycles. The molecule has 2 aromatic heterocycles. The van der Waals surface area contributed by atoms with E-state index in [1.165, 1.54) is 16.9 Å². The summed E-state index contributed by atoms with van der Waals surface area (Å²) in [6, 6.07) is 10.4. The highest BCUT2D eigenvalue weighted by Gasteiger charge is 2.23. The molecule has 1 amide bonds. The molecule has 1 aromatic carbocycles. The summed E-state index contributed by atoms with van der Waals surface area (Å²) in [4.78, 5) is 27.7. The topological polar surface area (TPSA) is 71.0 Å². The first-order chi connectivity index (χ1) is 13.3. The van der Waals surface area contributed by atoms with E-state index in [2.05, 4.69) is 37.3 Å². The summed E-state index contributed by atoms with van der Waals surface area (Å²) < 4.78 is 0. The van der Waals surface area contributed by atoms with E-state index in [1.54, 1.807) is 18.6 Å². The van der Waals surface area contributed by atoms with Crippen molar-refractivity contribution in [3.63, 3.8) is 0 Å². The van der Waals surface area contributed by atoms with Gasteiger partial charge in [-0.2, -0.15) is 0 Å². The van der Waals surface area contributed by atoms with Gasteiger partial charge in [0.25, 0.3) is 5.91 Å². The van der Waals surface area contributed by atoms with Crippen molar-refractivity contribution < 1.29 is 4.79 Å². The van der Waals surface area contributed by atoms with Crippen LogP contribution in [0.1, 0.15) is 33.9 Å². The number of aromatic nitrogens is 3. The normalized spacial score (nSPS) is 14.9. The Kier molecular flexibility index (Phi) is 5.39. The number of carbonyl (C=O) groups is 1. The quantitative estimate of drug-likeness (QED) is 0.738. The third kappa shape index (κ3) is 4.49. The largest absolute Gasteiger partial charge is 0.355 e. The van der Waals surface area contributed by atoms with E-state index in [-0.39, 0.29) is 11.9 Å². The van der Waals surface area contributed by atoms with Gasteiger partial charge < -0.3 is 10.2 Å². The summed E-state index contributed by atoms with van der Waals surface area (Å²) in [5.41, 5.74) is 1.72. The molecule has 1 aliphatic rings. The lowest BCUT2D eigenvalue weighted by atomic mass is 10.0. The van der Waals surface area contributed by atoms with Gasteiger partial charge >= 0.3 is 0 Å². The van der Waals surface area contributed by atoms with Crippen LogP contribution in [0.15, 0.2) is 54.3 Å². The molecule has 0 radical (unpaired) electrons. The Bertz CT molecular complexity index is 876. The third-order valence-corrected chi connectivity index (χ3v) is 5.54. The maximum atomic E-state index is 12.5. The van der Waals surface area contributed by atoms with Crippen molar-refractivity contribution >= 4 is 23.1 Å². The van der Waals surface area contributed by atoms with Crippen LogP contribution < -0.4 is 10.2 Å². The Morgan fingerprint density at radius 2 is 2.00 bits per heavy atom. The van der Waals surface area contributed by atoms with Gasteiger partial charge in [-0.25, -0.2) is 9.97 Å². The molecule has 0 saturated carbocycles. The van der Waals surface area contributed by atoms with Crippen molar-refractivity contribution in [3.05, 3.63) is 70.6 Å². The van der Waals surface area contributed by atoms with E-state index < -0.39 is 0 Å². The van der Waals surface area contributed by atoms with E-state index in [1.807, 2.05) is 23.6 Å². The molecule has 1 aliphatic heterocycles. The van der Waals surface area contributed by atoms with E-state index in [0.717, 1.165) is 43.2 Å². The zero-order chi connectivity index (χ0) is 18.5. The molecule has 0 bridgehead atoms. The third-order valence-electron chi connectivity index (χ3n) is 4.69. The molecule has 6 nitrogen and oxygen atoms in total. The summed E-state index contributed by atoms with van der Waals surface area (Å²) in [6.07, 6.45) is 7.71. The molecular weight excluding hydrogens is 358 g/mol. The summed E-state index contributed by atoms with van der Waals surface area (Å²) in [5.74, 6) is 0.816. The Labute approximate surface area is 162 Å². The lowest BCUT2D eigenvalue weighted by Crippen LogP contribution is -2.45. The van der Waals surface area contributed by atoms with Gasteiger partial charge in [-0.3, -0.25) is 9.78 Å². The van der Waals surface area contributed by atoms with Gasteiger partial charge in [0.1, 0.15) is 11.5 Å². The smallest absolute Gasteiger partial charge is 0.270 e. The van der Waals surface area contributed by atoms with Gasteiger partial charge in [-0.1, -0.05) is 30.3 Å². The first-order valence-corrected chi connectivity index (χ1v) is 9.96. The molecule has 0 aliphatic carbocycles. The Balaban J connectivity index is 1.30. The fourth-order valence-electron chi connectivity index (χ4n) is 3.23. The predicted molar refractivity (Wildman–Crippen MR) is 106 cm³/mol. The fraction of sp³-hybridized carbons (Fsp3) is 0.300. The number of hydrogen-bond donors (Lipinski definition) is 1. The zero-order valence-electron chi connectivity index (χ0n) is 14.9. The first-order valence-electron chi connectivity index (χ1n) is 9.08. The van der Waals surface area contributed by atoms with Gasteiger partial charge in [0.05, 0.1) is 11.2 Å². The maximum Gasteiger partial charge on any atom is 0.270 e. The van der Waals surface area contributed by atoms with Crippen molar-refractivity contribution in [2.24, 2.45) is 0 Å². The van der Waals surface area contributed by atoms with Crippen LogP contribution in [-0.4, -0.2) is 40.0 Å². The molecule has 3 aromatic rings. The van der Waals surface area contributed by atoms with Gasteiger partial charge in [0.2, 0.25) is 0 Å². The van der Waals surface area contributed by atoms with Gasteiger partial charge in [-0.05, 0) is 18.4 Å². The highest BCUT2D eigenvalue weighted by atomic mass is 32.1. The van der Waals surface area contributed by atoms with Gasteiger partial charge in [0, 0.05) is 43.3 Å². The standard InChI is InChI=1S/C20H21N5OS/c26-20(17-14-27-19(24-17)12-15-4-2-1-3-5-15)23-16-6-10-25(11-7-16)18-13-21-8-9-22-18/h1-5,8-9,13-14,16H,6-7,10-12H2,(H,23,26). The summed E-state index contributed by atoms with van der Waals surface area (Å²) in [6.45, 7) is 1.72. The minimum atomic E-state index is -0.0801. The molecule has 0 atom stereocenters. The van der Waals surface area contributed by atoms with Crippen LogP contribution in [0, 0.1) is 0 Å². The first kappa shape index (κ1) is 17.6. The van der Waals surface area contributed by atoms with Gasteiger partial charge in [-0.15, -0.1) is 11.3 Å². The number of amides is 1. The van der Waals surface area contributed by atoms with Crippen LogP contribution in [0.2, 0.25) is 0 Å². The minimum absolute atomic E-state index is 0.0801. The van der Waals surface area contributed by atoms with Crippen molar-refractivity contribution in [3.8, 4) is 0 Å². The van der Waals surface area contributed by atoms with E-state index in [0.29, 0.717) is 5.69 Å². The lowest BCUT2D eigenvalue weighted by Gasteiger charge is -2.32. The molecule has 1 saturated heterocycles. The molecule has 1 N–H and O–H groups in total. The van der Waals surface area contributed by atoms with Crippen molar-refractivity contribution in [1.29, 1.82) is 0 Å². The molecule has 0 unspecified atom stereocenters. The Hall–Kier alpha value is -2.80. The molecule has 1 fully saturated rings. The van der Waals surface area contributed by atoms with E-state index in [4.69, 9.17) is 0 Å². The summed E-state index contributed by atoms with van der Waals surface area (Å²) in [7, 11) is 0. The number of nitrogens with one attached hydrogen (secondary N) is 1. The number of rotatable bonds is 5. The SMILES string of the molecule is O=C(NC1CCN(c2cnccn2)CC1)c1csc(Cc2ccccc2)n1. The highest BCUT2D eigenvalue weighted by Crippen LogP contribution is 2.18. The molecule has 4 rings (SSSR count). The Morgan fingerprint density at radius 3 is 2.74 bits per heavy atom. The second-order valence-corrected chi connectivity index (χ2v) is 7.53. The number of nitrogens with zero attached hydrogens (tertiary/aromatic N) is 4. The minimum Gasteiger partial charge on any atom is -0.355 e. The molecule has 7 heteroatoms. The monoisotopic (exact) mass is 379 g/mol. The maximum absolute atomic E-state index is 12.5. The van der Waals surface area contributed by atoms with Crippen molar-refractivity contribution in [2.75, 3.05) is 18.0 Å². The van der Waals surface area contributed by atoms with Crippen LogP contribution in [-0.2, 0) is 6.42 Å². The van der Waals surface area contributed by atoms with Crippen molar-refractivity contribution in [2.45, 2.75) is 25.3 Å². The molecular formula is C20H21N5OS. The number of anilines is 1. The van der Waals surface area contributed by atoms with Gasteiger partial charge in [0.15, 0.2) is 0 Å². The van der Waals surface area contributed by atoms with Crippen LogP contribution in [0.4, 0.5) is 5.82 Å². The average molecular weight is 379 g/mol. The second kappa shape index (κ2) is 8.26. The predicted octanol–water partition coefficient (Wildman–Crippen LogP) is 2.92. The molecule has 138 valence electrons. The van der Waals surface area contributed by atoms with E-state index in [9.17, 15) is 4.79 Å². The van der Waals surface area contributed by atoms with Crippen LogP contribution >= 0.6 is 11.3 Å². The molecule has 0 spiro atoms. The van der Waals surface area contributed by atoms with Crippen LogP contribution in [0.25, 0.3) is 0 Å². The van der Waals surface area contributed by atoms with Crippen molar-refractivity contribution in [1.82, 2.24) is 20.3 Å². The Morgan fingerprint density at radius 1 is 1.19 bits per heavy atom. The number of thiazole rings is 1. The summed E-state index contributed by atoms with van der Waals surface area (Å²) in [5, 5.41) is 5.94. The number of piperidine rings is 1. The fourth-order valence-corrected chi connectivity index (χ4v) is 4.04. The summed E-state index contributed by atoms with van der Waals surface area (Å²) >= 11 is 1.54. The molecule has 27 heavy (non-hydrogen) atoms. The average Bonchev–Trinajstić information content (AvgIpc) is 3.19. The number of carbonyl (C=O) groups excluding carboxylic acids is 1. The highest BCUT2D eigenvalue weighted by molar-refractivity contribution is 7.09. The zero-order valence-corrected chi connectivity index (χ0v) is 15.7. The number of benzene rings is 1. The van der Waals surface area contributed by atoms with Crippen LogP contribution in [0.3, 0.4) is 0 Å². The second-order valence-electron chi connectivity index (χ2n) is 6.59. The van der Waals surface area contributed by atoms with E-state index >= 15 is 0 Å². The van der Waals surface area contributed by atoms with Crippen LogP contribution in [0.5, 0.6) is 0 Å².